The van der Waals surface area contributed by atoms with Gasteiger partial charge < -0.3 is 20.5 Å². The number of carboxylic acid groups (broad SMARTS) is 1. The summed E-state index contributed by atoms with van der Waals surface area (Å²) in [5.74, 6) is -1.75. The predicted molar refractivity (Wildman–Crippen MR) is 148 cm³/mol. The second kappa shape index (κ2) is 11.5. The van der Waals surface area contributed by atoms with E-state index in [1.165, 1.54) is 6.42 Å². The minimum Gasteiger partial charge on any atom is -0.505 e. The molecule has 39 heavy (non-hydrogen) atoms. The third-order valence-corrected chi connectivity index (χ3v) is 7.31. The Kier molecular flexibility index (Phi) is 7.67. The molecule has 0 bridgehead atoms. The third-order valence-electron chi connectivity index (χ3n) is 7.31. The van der Waals surface area contributed by atoms with Gasteiger partial charge in [-0.1, -0.05) is 62.4 Å². The van der Waals surface area contributed by atoms with E-state index in [1.54, 1.807) is 24.5 Å². The van der Waals surface area contributed by atoms with Crippen LogP contribution >= 0.6 is 0 Å². The number of benzene rings is 1. The number of H-pyrrole nitrogens is 1. The first-order chi connectivity index (χ1) is 18.9. The van der Waals surface area contributed by atoms with Crippen molar-refractivity contribution in [3.63, 3.8) is 0 Å². The summed E-state index contributed by atoms with van der Waals surface area (Å²) in [7, 11) is 0. The molecule has 200 valence electrons. The molecule has 1 fully saturated rings. The fraction of sp³-hybridized carbons (Fsp3) is 0.300. The van der Waals surface area contributed by atoms with Crippen LogP contribution in [-0.2, 0) is 11.2 Å². The molecule has 3 aromatic heterocycles. The van der Waals surface area contributed by atoms with Crippen molar-refractivity contribution in [2.24, 2.45) is 5.92 Å². The number of carboxylic acids is 1. The highest BCUT2D eigenvalue weighted by Gasteiger charge is 2.27. The number of hydrogen-bond donors (Lipinski definition) is 4. The number of aromatic hydroxyl groups is 1. The molecule has 5 rings (SSSR count). The number of aliphatic carboxylic acids is 1. The summed E-state index contributed by atoms with van der Waals surface area (Å²) in [5.41, 5.74) is 2.63. The Morgan fingerprint density at radius 3 is 2.41 bits per heavy atom. The smallest absolute Gasteiger partial charge is 0.305 e. The molecule has 1 saturated carbocycles. The molecule has 1 aliphatic rings. The van der Waals surface area contributed by atoms with E-state index in [0.717, 1.165) is 31.2 Å². The van der Waals surface area contributed by atoms with Crippen LogP contribution in [0.1, 0.15) is 54.6 Å². The summed E-state index contributed by atoms with van der Waals surface area (Å²) < 4.78 is 0. The molecule has 0 saturated heterocycles. The zero-order chi connectivity index (χ0) is 27.4. The van der Waals surface area contributed by atoms with E-state index >= 15 is 0 Å². The molecule has 0 aliphatic heterocycles. The lowest BCUT2D eigenvalue weighted by Crippen LogP contribution is -2.27. The van der Waals surface area contributed by atoms with Gasteiger partial charge in [-0.05, 0) is 35.6 Å². The lowest BCUT2D eigenvalue weighted by Gasteiger charge is -2.24. The van der Waals surface area contributed by atoms with Crippen molar-refractivity contribution in [2.45, 2.75) is 44.9 Å². The van der Waals surface area contributed by atoms with Crippen molar-refractivity contribution in [1.29, 1.82) is 0 Å². The van der Waals surface area contributed by atoms with E-state index in [-0.39, 0.29) is 30.0 Å². The molecule has 0 spiro atoms. The average Bonchev–Trinajstić information content (AvgIpc) is 2.94. The van der Waals surface area contributed by atoms with Gasteiger partial charge in [0.05, 0.1) is 23.2 Å². The van der Waals surface area contributed by atoms with Gasteiger partial charge >= 0.3 is 5.97 Å². The van der Waals surface area contributed by atoms with Crippen molar-refractivity contribution in [3.8, 4) is 28.1 Å². The normalized spacial score (nSPS) is 13.8. The Hall–Kier alpha value is -4.53. The molecule has 4 N–H and O–H groups in total. The van der Waals surface area contributed by atoms with E-state index in [2.05, 4.69) is 20.3 Å². The first-order valence-electron chi connectivity index (χ1n) is 13.2. The van der Waals surface area contributed by atoms with Crippen LogP contribution < -0.4 is 10.9 Å². The lowest BCUT2D eigenvalue weighted by atomic mass is 9.82. The molecule has 9 nitrogen and oxygen atoms in total. The van der Waals surface area contributed by atoms with Crippen LogP contribution in [0.3, 0.4) is 0 Å². The Bertz CT molecular complexity index is 1560. The monoisotopic (exact) mass is 526 g/mol. The van der Waals surface area contributed by atoms with Crippen molar-refractivity contribution in [2.75, 3.05) is 6.54 Å². The Labute approximate surface area is 225 Å². The van der Waals surface area contributed by atoms with Gasteiger partial charge in [-0.3, -0.25) is 19.4 Å². The van der Waals surface area contributed by atoms with Gasteiger partial charge in [0.2, 0.25) is 0 Å². The Morgan fingerprint density at radius 2 is 1.72 bits per heavy atom. The summed E-state index contributed by atoms with van der Waals surface area (Å²) in [4.78, 5) is 49.4. The third kappa shape index (κ3) is 5.52. The van der Waals surface area contributed by atoms with Crippen LogP contribution in [0, 0.1) is 5.92 Å². The number of pyridine rings is 3. The molecule has 0 radical (unpaired) electrons. The maximum Gasteiger partial charge on any atom is 0.305 e. The van der Waals surface area contributed by atoms with Gasteiger partial charge in [-0.2, -0.15) is 0 Å². The van der Waals surface area contributed by atoms with E-state index in [4.69, 9.17) is 5.11 Å². The summed E-state index contributed by atoms with van der Waals surface area (Å²) in [6.07, 6.45) is 8.92. The number of aromatic amines is 1. The van der Waals surface area contributed by atoms with Crippen molar-refractivity contribution in [3.05, 3.63) is 76.5 Å². The minimum absolute atomic E-state index is 0.117. The highest BCUT2D eigenvalue weighted by atomic mass is 16.4. The number of amides is 1. The molecule has 1 aliphatic carbocycles. The molecule has 4 aromatic rings. The Balaban J connectivity index is 1.80. The van der Waals surface area contributed by atoms with Crippen LogP contribution in [0.2, 0.25) is 0 Å². The molecular weight excluding hydrogens is 496 g/mol. The summed E-state index contributed by atoms with van der Waals surface area (Å²) >= 11 is 0. The molecule has 3 heterocycles. The number of carbonyl (C=O) groups excluding carboxylic acids is 1. The summed E-state index contributed by atoms with van der Waals surface area (Å²) in [6.45, 7) is -0.117. The summed E-state index contributed by atoms with van der Waals surface area (Å²) in [5, 5.41) is 23.5. The van der Waals surface area contributed by atoms with Gasteiger partial charge in [-0.25, -0.2) is 4.98 Å². The Morgan fingerprint density at radius 1 is 1.00 bits per heavy atom. The van der Waals surface area contributed by atoms with E-state index in [9.17, 15) is 19.5 Å². The van der Waals surface area contributed by atoms with Crippen LogP contribution in [0.4, 0.5) is 0 Å². The zero-order valence-corrected chi connectivity index (χ0v) is 21.4. The minimum atomic E-state index is -1.05. The van der Waals surface area contributed by atoms with Crippen LogP contribution in [0.15, 0.2) is 59.7 Å². The van der Waals surface area contributed by atoms with Gasteiger partial charge in [-0.15, -0.1) is 0 Å². The number of nitrogens with zero attached hydrogens (tertiary/aromatic N) is 2. The summed E-state index contributed by atoms with van der Waals surface area (Å²) in [6, 6.07) is 12.8. The van der Waals surface area contributed by atoms with Crippen LogP contribution in [0.25, 0.3) is 33.3 Å². The molecule has 1 amide bonds. The topological polar surface area (TPSA) is 145 Å². The van der Waals surface area contributed by atoms with Crippen LogP contribution in [-0.4, -0.2) is 43.6 Å². The highest BCUT2D eigenvalue weighted by Crippen LogP contribution is 2.40. The SMILES string of the molecule is O=C(O)CCNC(=O)c1nc(-c2ccncc2)c2[nH]c(=O)c(-c3ccccc3)c(CC3CCCCC3)c2c1O. The highest BCUT2D eigenvalue weighted by molar-refractivity contribution is 6.07. The first-order valence-corrected chi connectivity index (χ1v) is 13.2. The number of hydrogen-bond acceptors (Lipinski definition) is 6. The van der Waals surface area contributed by atoms with Gasteiger partial charge in [0.1, 0.15) is 0 Å². The maximum atomic E-state index is 13.7. The van der Waals surface area contributed by atoms with Gasteiger partial charge in [0, 0.05) is 29.9 Å². The van der Waals surface area contributed by atoms with E-state index in [1.807, 2.05) is 30.3 Å². The predicted octanol–water partition coefficient (Wildman–Crippen LogP) is 4.69. The zero-order valence-electron chi connectivity index (χ0n) is 21.4. The number of carbonyl (C=O) groups is 2. The van der Waals surface area contributed by atoms with Gasteiger partial charge in [0.15, 0.2) is 11.4 Å². The quantitative estimate of drug-likeness (QED) is 0.261. The number of nitrogens with one attached hydrogen (secondary N) is 2. The van der Waals surface area contributed by atoms with Crippen molar-refractivity contribution < 1.29 is 19.8 Å². The average molecular weight is 527 g/mol. The standard InChI is InChI=1S/C30H30N4O5/c35-22(36)13-16-32-30(39)27-28(37)24-21(17-18-7-3-1-4-8-18)23(19-9-5-2-6-10-19)29(38)34-26(24)25(33-27)20-11-14-31-15-12-20/h2,5-6,9-12,14-15,18,37H,1,3-4,7-8,13,16-17H2,(H,32,39)(H,34,38)(H,35,36). The maximum absolute atomic E-state index is 13.7. The molecular formula is C30H30N4O5. The van der Waals surface area contributed by atoms with E-state index < -0.39 is 11.9 Å². The first kappa shape index (κ1) is 26.1. The molecule has 1 aromatic carbocycles. The van der Waals surface area contributed by atoms with E-state index in [0.29, 0.717) is 45.6 Å². The van der Waals surface area contributed by atoms with Crippen molar-refractivity contribution >= 4 is 22.8 Å². The second-order valence-corrected chi connectivity index (χ2v) is 9.93. The van der Waals surface area contributed by atoms with Crippen LogP contribution in [0.5, 0.6) is 5.75 Å². The van der Waals surface area contributed by atoms with Crippen molar-refractivity contribution in [1.82, 2.24) is 20.3 Å². The fourth-order valence-corrected chi connectivity index (χ4v) is 5.47. The molecule has 9 heteroatoms. The lowest BCUT2D eigenvalue weighted by molar-refractivity contribution is -0.136. The largest absolute Gasteiger partial charge is 0.505 e. The number of fused-ring (bicyclic) bond motifs is 1. The van der Waals surface area contributed by atoms with Gasteiger partial charge in [0.25, 0.3) is 11.5 Å². The number of rotatable bonds is 8. The fourth-order valence-electron chi connectivity index (χ4n) is 5.47. The molecule has 0 atom stereocenters. The number of aromatic nitrogens is 3. The second-order valence-electron chi connectivity index (χ2n) is 9.93. The molecule has 0 unspecified atom stereocenters.